The number of carbonyl (C=O) groups is 1. The van der Waals surface area contributed by atoms with Crippen LogP contribution in [-0.2, 0) is 4.79 Å². The molecule has 0 spiro atoms. The van der Waals surface area contributed by atoms with Crippen LogP contribution >= 0.6 is 15.9 Å². The van der Waals surface area contributed by atoms with Crippen LogP contribution < -0.4 is 4.74 Å². The fourth-order valence-electron chi connectivity index (χ4n) is 2.11. The summed E-state index contributed by atoms with van der Waals surface area (Å²) in [6, 6.07) is 7.56. The summed E-state index contributed by atoms with van der Waals surface area (Å²) in [6.45, 7) is 1.89. The first-order valence-electron chi connectivity index (χ1n) is 6.42. The van der Waals surface area contributed by atoms with E-state index >= 15 is 0 Å². The monoisotopic (exact) mass is 311 g/mol. The van der Waals surface area contributed by atoms with Crippen molar-refractivity contribution in [2.45, 2.75) is 25.7 Å². The van der Waals surface area contributed by atoms with Crippen molar-refractivity contribution < 1.29 is 9.53 Å². The summed E-state index contributed by atoms with van der Waals surface area (Å²) in [5.74, 6) is 0.824. The first-order valence-corrected chi connectivity index (χ1v) is 7.21. The Kier molecular flexibility index (Phi) is 5.05. The molecule has 2 rings (SSSR count). The lowest BCUT2D eigenvalue weighted by Gasteiger charge is -2.20. The highest BCUT2D eigenvalue weighted by Crippen LogP contribution is 2.18. The van der Waals surface area contributed by atoms with Crippen molar-refractivity contribution in [3.63, 3.8) is 0 Å². The van der Waals surface area contributed by atoms with E-state index in [0.717, 1.165) is 36.2 Å². The van der Waals surface area contributed by atoms with Crippen LogP contribution in [0.25, 0.3) is 0 Å². The number of rotatable bonds is 3. The summed E-state index contributed by atoms with van der Waals surface area (Å²) in [4.78, 5) is 13.9. The molecule has 3 nitrogen and oxygen atoms in total. The molecule has 4 heteroatoms. The quantitative estimate of drug-likeness (QED) is 0.857. The van der Waals surface area contributed by atoms with E-state index in [-0.39, 0.29) is 12.5 Å². The van der Waals surface area contributed by atoms with Gasteiger partial charge in [-0.15, -0.1) is 0 Å². The van der Waals surface area contributed by atoms with Crippen LogP contribution in [0.2, 0.25) is 0 Å². The summed E-state index contributed by atoms with van der Waals surface area (Å²) < 4.78 is 6.48. The average molecular weight is 312 g/mol. The van der Waals surface area contributed by atoms with Crippen LogP contribution in [0.5, 0.6) is 5.75 Å². The van der Waals surface area contributed by atoms with Crippen molar-refractivity contribution in [3.05, 3.63) is 28.7 Å². The lowest BCUT2D eigenvalue weighted by Crippen LogP contribution is -2.35. The van der Waals surface area contributed by atoms with Crippen LogP contribution in [0.15, 0.2) is 28.7 Å². The Balaban J connectivity index is 1.83. The fraction of sp³-hybridized carbons (Fsp3) is 0.500. The van der Waals surface area contributed by atoms with Crippen LogP contribution in [0.3, 0.4) is 0 Å². The Morgan fingerprint density at radius 1 is 1.22 bits per heavy atom. The highest BCUT2D eigenvalue weighted by molar-refractivity contribution is 9.10. The molecule has 1 fully saturated rings. The molecule has 1 aromatic rings. The van der Waals surface area contributed by atoms with Gasteiger partial charge in [-0.2, -0.15) is 0 Å². The van der Waals surface area contributed by atoms with E-state index in [4.69, 9.17) is 4.74 Å². The third-order valence-corrected chi connectivity index (χ3v) is 3.61. The molecule has 0 unspecified atom stereocenters. The van der Waals surface area contributed by atoms with Gasteiger partial charge in [-0.25, -0.2) is 0 Å². The zero-order valence-electron chi connectivity index (χ0n) is 10.4. The topological polar surface area (TPSA) is 29.5 Å². The Bertz CT molecular complexity index is 401. The summed E-state index contributed by atoms with van der Waals surface area (Å²) in [5.41, 5.74) is 0. The Hall–Kier alpha value is -1.03. The van der Waals surface area contributed by atoms with Crippen LogP contribution in [0, 0.1) is 0 Å². The molecule has 0 radical (unpaired) electrons. The lowest BCUT2D eigenvalue weighted by molar-refractivity contribution is -0.133. The van der Waals surface area contributed by atoms with Gasteiger partial charge < -0.3 is 9.64 Å². The lowest BCUT2D eigenvalue weighted by atomic mass is 10.2. The molecule has 1 aliphatic heterocycles. The predicted octanol–water partition coefficient (Wildman–Crippen LogP) is 3.23. The molecule has 0 N–H and O–H groups in total. The minimum Gasteiger partial charge on any atom is -0.484 e. The molecule has 0 aromatic heterocycles. The summed E-state index contributed by atoms with van der Waals surface area (Å²) in [7, 11) is 0. The molecule has 1 aliphatic rings. The van der Waals surface area contributed by atoms with E-state index in [9.17, 15) is 4.79 Å². The van der Waals surface area contributed by atoms with Crippen molar-refractivity contribution in [2.75, 3.05) is 19.7 Å². The number of amides is 1. The second-order valence-corrected chi connectivity index (χ2v) is 5.46. The molecule has 1 aromatic carbocycles. The molecule has 0 bridgehead atoms. The van der Waals surface area contributed by atoms with Crippen LogP contribution in [0.1, 0.15) is 25.7 Å². The van der Waals surface area contributed by atoms with Gasteiger partial charge >= 0.3 is 0 Å². The van der Waals surface area contributed by atoms with Crippen molar-refractivity contribution >= 4 is 21.8 Å². The van der Waals surface area contributed by atoms with Gasteiger partial charge in [-0.3, -0.25) is 4.79 Å². The number of likely N-dealkylation sites (tertiary alicyclic amines) is 1. The van der Waals surface area contributed by atoms with Gasteiger partial charge in [0.05, 0.1) is 0 Å². The number of hydrogen-bond donors (Lipinski definition) is 0. The van der Waals surface area contributed by atoms with Crippen molar-refractivity contribution in [2.24, 2.45) is 0 Å². The standard InChI is InChI=1S/C14H18BrNO2/c15-12-6-5-7-13(10-12)18-11-14(17)16-8-3-1-2-4-9-16/h5-7,10H,1-4,8-9,11H2. The van der Waals surface area contributed by atoms with E-state index in [2.05, 4.69) is 15.9 Å². The number of carbonyl (C=O) groups excluding carboxylic acids is 1. The largest absolute Gasteiger partial charge is 0.484 e. The number of benzene rings is 1. The van der Waals surface area contributed by atoms with Gasteiger partial charge in [0, 0.05) is 17.6 Å². The number of halogens is 1. The molecule has 98 valence electrons. The second kappa shape index (κ2) is 6.78. The first kappa shape index (κ1) is 13.4. The molecule has 1 amide bonds. The van der Waals surface area contributed by atoms with E-state index < -0.39 is 0 Å². The Morgan fingerprint density at radius 2 is 1.94 bits per heavy atom. The minimum absolute atomic E-state index is 0.0943. The molecule has 0 aliphatic carbocycles. The average Bonchev–Trinajstić information content (AvgIpc) is 2.65. The van der Waals surface area contributed by atoms with E-state index in [1.807, 2.05) is 29.2 Å². The Labute approximate surface area is 116 Å². The zero-order valence-corrected chi connectivity index (χ0v) is 12.0. The fourth-order valence-corrected chi connectivity index (χ4v) is 2.49. The first-order chi connectivity index (χ1) is 8.75. The highest BCUT2D eigenvalue weighted by atomic mass is 79.9. The maximum atomic E-state index is 12.0. The van der Waals surface area contributed by atoms with Crippen LogP contribution in [0.4, 0.5) is 0 Å². The van der Waals surface area contributed by atoms with Gasteiger partial charge in [-0.05, 0) is 31.0 Å². The molecule has 1 saturated heterocycles. The maximum absolute atomic E-state index is 12.0. The second-order valence-electron chi connectivity index (χ2n) is 4.54. The summed E-state index contributed by atoms with van der Waals surface area (Å²) in [6.07, 6.45) is 4.69. The number of hydrogen-bond acceptors (Lipinski definition) is 2. The van der Waals surface area contributed by atoms with E-state index in [1.54, 1.807) is 0 Å². The molecule has 18 heavy (non-hydrogen) atoms. The third kappa shape index (κ3) is 4.02. The van der Waals surface area contributed by atoms with E-state index in [0.29, 0.717) is 0 Å². The molecule has 0 saturated carbocycles. The van der Waals surface area contributed by atoms with E-state index in [1.165, 1.54) is 12.8 Å². The predicted molar refractivity (Wildman–Crippen MR) is 74.7 cm³/mol. The SMILES string of the molecule is O=C(COc1cccc(Br)c1)N1CCCCCC1. The molecule has 0 atom stereocenters. The highest BCUT2D eigenvalue weighted by Gasteiger charge is 2.15. The zero-order chi connectivity index (χ0) is 12.8. The Morgan fingerprint density at radius 3 is 2.61 bits per heavy atom. The van der Waals surface area contributed by atoms with Gasteiger partial charge in [0.1, 0.15) is 5.75 Å². The van der Waals surface area contributed by atoms with Gasteiger partial charge in [0.2, 0.25) is 0 Å². The smallest absolute Gasteiger partial charge is 0.260 e. The third-order valence-electron chi connectivity index (χ3n) is 3.12. The van der Waals surface area contributed by atoms with Crippen molar-refractivity contribution in [1.82, 2.24) is 4.90 Å². The van der Waals surface area contributed by atoms with Gasteiger partial charge in [0.25, 0.3) is 5.91 Å². The van der Waals surface area contributed by atoms with Crippen LogP contribution in [-0.4, -0.2) is 30.5 Å². The normalized spacial score (nSPS) is 16.2. The molecular formula is C14H18BrNO2. The number of nitrogens with zero attached hydrogens (tertiary/aromatic N) is 1. The summed E-state index contributed by atoms with van der Waals surface area (Å²) >= 11 is 3.38. The number of ether oxygens (including phenoxy) is 1. The molecular weight excluding hydrogens is 294 g/mol. The van der Waals surface area contributed by atoms with Gasteiger partial charge in [0.15, 0.2) is 6.61 Å². The maximum Gasteiger partial charge on any atom is 0.260 e. The van der Waals surface area contributed by atoms with Crippen molar-refractivity contribution in [1.29, 1.82) is 0 Å². The molecule has 1 heterocycles. The minimum atomic E-state index is 0.0943. The van der Waals surface area contributed by atoms with Gasteiger partial charge in [-0.1, -0.05) is 34.8 Å². The van der Waals surface area contributed by atoms with Crippen molar-refractivity contribution in [3.8, 4) is 5.75 Å². The summed E-state index contributed by atoms with van der Waals surface area (Å²) in [5, 5.41) is 0.